The molecule has 0 saturated heterocycles. The van der Waals surface area contributed by atoms with Crippen LogP contribution in [0.3, 0.4) is 0 Å². The van der Waals surface area contributed by atoms with Crippen molar-refractivity contribution in [1.29, 1.82) is 0 Å². The van der Waals surface area contributed by atoms with Gasteiger partial charge in [-0.3, -0.25) is 4.79 Å². The monoisotopic (exact) mass is 251 g/mol. The molecule has 1 unspecified atom stereocenters. The maximum Gasteiger partial charge on any atom is 0.260 e. The maximum absolute atomic E-state index is 11.7. The van der Waals surface area contributed by atoms with Crippen LogP contribution in [0.25, 0.3) is 0 Å². The van der Waals surface area contributed by atoms with Crippen LogP contribution in [-0.2, 0) is 4.79 Å². The van der Waals surface area contributed by atoms with E-state index in [1.807, 2.05) is 13.8 Å². The molecule has 1 amide bonds. The number of amides is 1. The Morgan fingerprint density at radius 1 is 1.28 bits per heavy atom. The molecule has 0 saturated carbocycles. The van der Waals surface area contributed by atoms with E-state index < -0.39 is 6.10 Å². The predicted molar refractivity (Wildman–Crippen MR) is 70.5 cm³/mol. The van der Waals surface area contributed by atoms with Crippen LogP contribution >= 0.6 is 0 Å². The number of likely N-dealkylation sites (N-methyl/N-ethyl adjacent to an activating group) is 1. The van der Waals surface area contributed by atoms with Crippen LogP contribution in [0.2, 0.25) is 0 Å². The van der Waals surface area contributed by atoms with Crippen molar-refractivity contribution in [3.05, 3.63) is 29.8 Å². The number of hydrogen-bond acceptors (Lipinski definition) is 3. The van der Waals surface area contributed by atoms with Gasteiger partial charge < -0.3 is 14.7 Å². The number of nitrogens with zero attached hydrogens (tertiary/aromatic N) is 1. The van der Waals surface area contributed by atoms with Gasteiger partial charge in [0, 0.05) is 13.1 Å². The van der Waals surface area contributed by atoms with Crippen LogP contribution in [0.1, 0.15) is 32.4 Å². The Morgan fingerprint density at radius 3 is 2.28 bits per heavy atom. The van der Waals surface area contributed by atoms with Gasteiger partial charge in [0.15, 0.2) is 6.61 Å². The molecule has 4 heteroatoms. The number of rotatable bonds is 5. The Balaban J connectivity index is 2.51. The molecule has 1 atom stereocenters. The van der Waals surface area contributed by atoms with Crippen molar-refractivity contribution in [3.63, 3.8) is 0 Å². The van der Waals surface area contributed by atoms with Crippen LogP contribution in [0.4, 0.5) is 0 Å². The van der Waals surface area contributed by atoms with Crippen molar-refractivity contribution in [2.24, 2.45) is 0 Å². The molecule has 0 spiro atoms. The fourth-order valence-electron chi connectivity index (χ4n) is 1.38. The Kier molecular flexibility index (Phi) is 5.16. The van der Waals surface area contributed by atoms with Crippen LogP contribution < -0.4 is 4.74 Å². The molecule has 1 aromatic carbocycles. The molecule has 0 aliphatic heterocycles. The summed E-state index contributed by atoms with van der Waals surface area (Å²) in [5, 5.41) is 9.36. The van der Waals surface area contributed by atoms with Crippen LogP contribution in [0.5, 0.6) is 5.75 Å². The zero-order valence-corrected chi connectivity index (χ0v) is 11.4. The molecule has 1 N–H and O–H groups in total. The lowest BCUT2D eigenvalue weighted by molar-refractivity contribution is -0.133. The molecule has 0 fully saturated rings. The van der Waals surface area contributed by atoms with Crippen molar-refractivity contribution in [1.82, 2.24) is 4.90 Å². The van der Waals surface area contributed by atoms with Gasteiger partial charge in [-0.1, -0.05) is 12.1 Å². The molecule has 0 radical (unpaired) electrons. The highest BCUT2D eigenvalue weighted by Crippen LogP contribution is 2.17. The van der Waals surface area contributed by atoms with Gasteiger partial charge in [-0.15, -0.1) is 0 Å². The van der Waals surface area contributed by atoms with E-state index in [0.717, 1.165) is 5.56 Å². The van der Waals surface area contributed by atoms with Crippen LogP contribution in [0.15, 0.2) is 24.3 Å². The van der Waals surface area contributed by atoms with Gasteiger partial charge >= 0.3 is 0 Å². The minimum absolute atomic E-state index is 0.0305. The number of benzene rings is 1. The smallest absolute Gasteiger partial charge is 0.260 e. The first-order valence-electron chi connectivity index (χ1n) is 6.08. The average Bonchev–Trinajstić information content (AvgIpc) is 2.35. The number of aliphatic hydroxyl groups excluding tert-OH is 1. The van der Waals surface area contributed by atoms with Crippen molar-refractivity contribution in [2.75, 3.05) is 13.7 Å². The molecular formula is C14H21NO3. The fraction of sp³-hybridized carbons (Fsp3) is 0.500. The van der Waals surface area contributed by atoms with E-state index in [-0.39, 0.29) is 18.6 Å². The molecule has 1 rings (SSSR count). The summed E-state index contributed by atoms with van der Waals surface area (Å²) >= 11 is 0. The lowest BCUT2D eigenvalue weighted by Gasteiger charge is -2.21. The minimum Gasteiger partial charge on any atom is -0.484 e. The van der Waals surface area contributed by atoms with Crippen molar-refractivity contribution >= 4 is 5.91 Å². The summed E-state index contributed by atoms with van der Waals surface area (Å²) in [6.45, 7) is 5.64. The largest absolute Gasteiger partial charge is 0.484 e. The standard InChI is InChI=1S/C14H21NO3/c1-10(2)15(4)14(17)9-18-13-7-5-12(6-8-13)11(3)16/h5-8,10-11,16H,9H2,1-4H3. The van der Waals surface area contributed by atoms with Crippen LogP contribution in [0, 0.1) is 0 Å². The number of carbonyl (C=O) groups is 1. The van der Waals surface area contributed by atoms with E-state index in [4.69, 9.17) is 4.74 Å². The molecule has 0 aromatic heterocycles. The first-order chi connectivity index (χ1) is 8.41. The van der Waals surface area contributed by atoms with Gasteiger partial charge in [-0.25, -0.2) is 0 Å². The molecule has 0 heterocycles. The summed E-state index contributed by atoms with van der Waals surface area (Å²) in [7, 11) is 1.76. The lowest BCUT2D eigenvalue weighted by atomic mass is 10.1. The number of carbonyl (C=O) groups excluding carboxylic acids is 1. The fourth-order valence-corrected chi connectivity index (χ4v) is 1.38. The highest BCUT2D eigenvalue weighted by atomic mass is 16.5. The van der Waals surface area contributed by atoms with Gasteiger partial charge in [-0.05, 0) is 38.5 Å². The Labute approximate surface area is 108 Å². The first kappa shape index (κ1) is 14.5. The zero-order valence-electron chi connectivity index (χ0n) is 11.4. The molecule has 0 bridgehead atoms. The zero-order chi connectivity index (χ0) is 13.7. The average molecular weight is 251 g/mol. The number of aliphatic hydroxyl groups is 1. The van der Waals surface area contributed by atoms with Gasteiger partial charge in [0.2, 0.25) is 0 Å². The van der Waals surface area contributed by atoms with Crippen LogP contribution in [-0.4, -0.2) is 35.6 Å². The summed E-state index contributed by atoms with van der Waals surface area (Å²) in [5.41, 5.74) is 0.827. The second kappa shape index (κ2) is 6.40. The Bertz CT molecular complexity index is 385. The van der Waals surface area contributed by atoms with E-state index in [1.54, 1.807) is 43.1 Å². The van der Waals surface area contributed by atoms with E-state index in [9.17, 15) is 9.90 Å². The van der Waals surface area contributed by atoms with E-state index >= 15 is 0 Å². The molecular weight excluding hydrogens is 230 g/mol. The Morgan fingerprint density at radius 2 is 1.83 bits per heavy atom. The highest BCUT2D eigenvalue weighted by Gasteiger charge is 2.12. The Hall–Kier alpha value is -1.55. The van der Waals surface area contributed by atoms with E-state index in [1.165, 1.54) is 0 Å². The maximum atomic E-state index is 11.7. The molecule has 0 aliphatic carbocycles. The van der Waals surface area contributed by atoms with Crippen molar-refractivity contribution < 1.29 is 14.6 Å². The van der Waals surface area contributed by atoms with Gasteiger partial charge in [0.25, 0.3) is 5.91 Å². The summed E-state index contributed by atoms with van der Waals surface area (Å²) in [5.74, 6) is 0.578. The summed E-state index contributed by atoms with van der Waals surface area (Å²) in [6, 6.07) is 7.25. The molecule has 100 valence electrons. The molecule has 1 aromatic rings. The molecule has 18 heavy (non-hydrogen) atoms. The first-order valence-corrected chi connectivity index (χ1v) is 6.08. The van der Waals surface area contributed by atoms with E-state index in [0.29, 0.717) is 5.75 Å². The van der Waals surface area contributed by atoms with Gasteiger partial charge in [-0.2, -0.15) is 0 Å². The lowest BCUT2D eigenvalue weighted by Crippen LogP contribution is -2.36. The number of ether oxygens (including phenoxy) is 1. The third kappa shape index (κ3) is 4.04. The highest BCUT2D eigenvalue weighted by molar-refractivity contribution is 5.77. The SMILES string of the molecule is CC(O)c1ccc(OCC(=O)N(C)C(C)C)cc1. The topological polar surface area (TPSA) is 49.8 Å². The van der Waals surface area contributed by atoms with Crippen molar-refractivity contribution in [3.8, 4) is 5.75 Å². The summed E-state index contributed by atoms with van der Waals surface area (Å²) in [4.78, 5) is 13.3. The molecule has 0 aliphatic rings. The second-order valence-electron chi connectivity index (χ2n) is 4.63. The quantitative estimate of drug-likeness (QED) is 0.870. The summed E-state index contributed by atoms with van der Waals surface area (Å²) in [6.07, 6.45) is -0.493. The number of hydrogen-bond donors (Lipinski definition) is 1. The third-order valence-electron chi connectivity index (χ3n) is 2.89. The van der Waals surface area contributed by atoms with Gasteiger partial charge in [0.05, 0.1) is 6.10 Å². The van der Waals surface area contributed by atoms with Gasteiger partial charge in [0.1, 0.15) is 5.75 Å². The summed E-state index contributed by atoms with van der Waals surface area (Å²) < 4.78 is 5.40. The normalized spacial score (nSPS) is 12.3. The van der Waals surface area contributed by atoms with Crippen molar-refractivity contribution in [2.45, 2.75) is 32.9 Å². The molecule has 4 nitrogen and oxygen atoms in total. The second-order valence-corrected chi connectivity index (χ2v) is 4.63. The van der Waals surface area contributed by atoms with E-state index in [2.05, 4.69) is 0 Å². The predicted octanol–water partition coefficient (Wildman–Crippen LogP) is 1.99. The minimum atomic E-state index is -0.493. The third-order valence-corrected chi connectivity index (χ3v) is 2.89.